The van der Waals surface area contributed by atoms with Crippen LogP contribution >= 0.6 is 0 Å². The minimum Gasteiger partial charge on any atom is -0.863 e. The number of hydrogen-bond donors (Lipinski definition) is 3. The number of carbonyl (C=O) groups excluding carboxylic acids is 1. The number of nitrogens with zero attached hydrogens (tertiary/aromatic N) is 3. The van der Waals surface area contributed by atoms with Gasteiger partial charge in [-0.3, -0.25) is 30.3 Å². The van der Waals surface area contributed by atoms with Crippen LogP contribution in [0.5, 0.6) is 5.75 Å². The Balaban J connectivity index is 0.000000305. The molecule has 16 heteroatoms. The summed E-state index contributed by atoms with van der Waals surface area (Å²) >= 11 is 0. The van der Waals surface area contributed by atoms with Crippen molar-refractivity contribution >= 4 is 29.0 Å². The molecule has 0 radical (unpaired) electrons. The highest BCUT2D eigenvalue weighted by Gasteiger charge is 2.24. The molecule has 0 bridgehead atoms. The van der Waals surface area contributed by atoms with Crippen molar-refractivity contribution in [2.45, 2.75) is 24.9 Å². The lowest BCUT2D eigenvalue weighted by molar-refractivity contribution is -0.437. The number of carboxylic acid groups (broad SMARTS) is 2. The van der Waals surface area contributed by atoms with Crippen LogP contribution in [0.15, 0.2) is 72.8 Å². The monoisotopic (exact) mass is 559 g/mol. The molecule has 0 fully saturated rings. The van der Waals surface area contributed by atoms with Gasteiger partial charge in [-0.05, 0) is 11.1 Å². The van der Waals surface area contributed by atoms with Gasteiger partial charge in [0.05, 0.1) is 38.6 Å². The molecule has 0 unspecified atom stereocenters. The van der Waals surface area contributed by atoms with E-state index in [1.807, 2.05) is 60.7 Å². The fourth-order valence-corrected chi connectivity index (χ4v) is 2.93. The highest BCUT2D eigenvalue weighted by Crippen LogP contribution is 2.36. The summed E-state index contributed by atoms with van der Waals surface area (Å²) in [5.74, 6) is -3.40. The number of rotatable bonds is 9. The van der Waals surface area contributed by atoms with E-state index in [-0.39, 0.29) is 0 Å². The first-order valence-electron chi connectivity index (χ1n) is 11.2. The van der Waals surface area contributed by atoms with Crippen LogP contribution in [0.4, 0.5) is 17.1 Å². The first-order valence-corrected chi connectivity index (χ1v) is 11.2. The summed E-state index contributed by atoms with van der Waals surface area (Å²) in [6.45, 7) is 0. The number of hydrogen-bond acceptors (Lipinski definition) is 10. The Kier molecular flexibility index (Phi) is 12.8. The lowest BCUT2D eigenvalue weighted by Gasteiger charge is -2.08. The quantitative estimate of drug-likeness (QED) is 0.211. The van der Waals surface area contributed by atoms with Crippen molar-refractivity contribution in [1.29, 1.82) is 0 Å². The van der Waals surface area contributed by atoms with Crippen molar-refractivity contribution in [2.24, 2.45) is 0 Å². The maximum atomic E-state index is 11.1. The minimum atomic E-state index is -1.46. The van der Waals surface area contributed by atoms with Crippen LogP contribution in [-0.4, -0.2) is 43.9 Å². The second-order valence-electron chi connectivity index (χ2n) is 8.02. The SMILES string of the molecule is O=[N+]([O-])c1cc([N+](=O)[O-])c([O-])c([N+](=O)[O-])c1.[NH3+][C@H](Cc1ccccc1)C(=O)O.[NH3+][C@H](Cc1ccccc1)C(=O)[O-]. The predicted octanol–water partition coefficient (Wildman–Crippen LogP) is -1.00. The van der Waals surface area contributed by atoms with Gasteiger partial charge in [0.25, 0.3) is 17.1 Å². The molecule has 7 N–H and O–H groups in total. The molecule has 0 heterocycles. The maximum absolute atomic E-state index is 11.1. The largest absolute Gasteiger partial charge is 0.863 e. The molecule has 3 rings (SSSR count). The number of non-ortho nitro benzene ring substituents is 1. The Hall–Kier alpha value is -5.48. The zero-order valence-corrected chi connectivity index (χ0v) is 20.8. The maximum Gasteiger partial charge on any atom is 0.362 e. The number of aliphatic carboxylic acids is 2. The number of nitro groups is 3. The van der Waals surface area contributed by atoms with Gasteiger partial charge in [-0.1, -0.05) is 60.7 Å². The Morgan fingerprint density at radius 2 is 1.10 bits per heavy atom. The van der Waals surface area contributed by atoms with Crippen LogP contribution in [0, 0.1) is 30.3 Å². The van der Waals surface area contributed by atoms with Gasteiger partial charge in [0.2, 0.25) is 0 Å². The minimum absolute atomic E-state index is 0.384. The van der Waals surface area contributed by atoms with Crippen LogP contribution in [-0.2, 0) is 22.4 Å². The highest BCUT2D eigenvalue weighted by atomic mass is 16.6. The standard InChI is InChI=1S/2C9H11NO2.C6H3N3O7/c2*10-8(9(11)12)6-7-4-2-1-3-5-7;10-6-4(8(13)14)1-3(7(11)12)2-5(6)9(15)16/h2*1-5,8H,6,10H2,(H,11,12);1-2,10H/t2*8-;/m11./s1. The molecular formula is C24H25N5O11. The van der Waals surface area contributed by atoms with E-state index in [1.54, 1.807) is 0 Å². The number of benzene rings is 3. The van der Waals surface area contributed by atoms with E-state index in [0.717, 1.165) is 11.1 Å². The van der Waals surface area contributed by atoms with Gasteiger partial charge >= 0.3 is 5.97 Å². The van der Waals surface area contributed by atoms with Crippen LogP contribution in [0.3, 0.4) is 0 Å². The van der Waals surface area contributed by atoms with Crippen LogP contribution in [0.1, 0.15) is 11.1 Å². The van der Waals surface area contributed by atoms with Crippen LogP contribution < -0.4 is 21.7 Å². The molecule has 3 aromatic carbocycles. The second-order valence-corrected chi connectivity index (χ2v) is 8.02. The molecule has 2 atom stereocenters. The van der Waals surface area contributed by atoms with Crippen molar-refractivity contribution in [1.82, 2.24) is 0 Å². The topological polar surface area (TPSA) is 285 Å². The molecule has 0 aliphatic rings. The van der Waals surface area contributed by atoms with Crippen molar-refractivity contribution in [2.75, 3.05) is 0 Å². The summed E-state index contributed by atoms with van der Waals surface area (Å²) in [6.07, 6.45) is 0.930. The van der Waals surface area contributed by atoms with Gasteiger partial charge in [-0.25, -0.2) is 4.79 Å². The Morgan fingerprint density at radius 1 is 0.725 bits per heavy atom. The predicted molar refractivity (Wildman–Crippen MR) is 132 cm³/mol. The molecule has 0 aromatic heterocycles. The average molecular weight is 559 g/mol. The number of carboxylic acids is 2. The summed E-state index contributed by atoms with van der Waals surface area (Å²) < 4.78 is 0. The zero-order chi connectivity index (χ0) is 30.4. The molecule has 40 heavy (non-hydrogen) atoms. The van der Waals surface area contributed by atoms with Crippen molar-refractivity contribution in [3.05, 3.63) is 114 Å². The van der Waals surface area contributed by atoms with E-state index in [4.69, 9.17) is 5.11 Å². The average Bonchev–Trinajstić information content (AvgIpc) is 2.90. The molecular weight excluding hydrogens is 534 g/mol. The fraction of sp³-hybridized carbons (Fsp3) is 0.167. The number of nitro benzene ring substituents is 3. The molecule has 0 amide bonds. The van der Waals surface area contributed by atoms with E-state index in [1.165, 1.54) is 0 Å². The molecule has 3 aromatic rings. The molecule has 212 valence electrons. The van der Waals surface area contributed by atoms with E-state index < -0.39 is 61.6 Å². The van der Waals surface area contributed by atoms with E-state index in [0.29, 0.717) is 25.0 Å². The molecule has 0 aliphatic heterocycles. The van der Waals surface area contributed by atoms with Crippen molar-refractivity contribution in [3.63, 3.8) is 0 Å². The Labute approximate surface area is 225 Å². The van der Waals surface area contributed by atoms with E-state index in [9.17, 15) is 50.1 Å². The summed E-state index contributed by atoms with van der Waals surface area (Å²) in [7, 11) is 0. The number of carbonyl (C=O) groups is 2. The number of quaternary nitrogens is 2. The van der Waals surface area contributed by atoms with E-state index >= 15 is 0 Å². The third-order valence-electron chi connectivity index (χ3n) is 4.97. The van der Waals surface area contributed by atoms with Crippen LogP contribution in [0.2, 0.25) is 0 Å². The van der Waals surface area contributed by atoms with Gasteiger partial charge < -0.3 is 31.6 Å². The van der Waals surface area contributed by atoms with Gasteiger partial charge in [0.1, 0.15) is 6.04 Å². The Bertz CT molecular complexity index is 1250. The summed E-state index contributed by atoms with van der Waals surface area (Å²) in [5.41, 5.74) is 5.73. The van der Waals surface area contributed by atoms with Crippen molar-refractivity contribution < 1.29 is 51.1 Å². The van der Waals surface area contributed by atoms with Gasteiger partial charge in [0, 0.05) is 12.8 Å². The molecule has 16 nitrogen and oxygen atoms in total. The van der Waals surface area contributed by atoms with Crippen LogP contribution in [0.25, 0.3) is 0 Å². The molecule has 0 saturated heterocycles. The molecule has 0 saturated carbocycles. The summed E-state index contributed by atoms with van der Waals surface area (Å²) in [4.78, 5) is 48.3. The molecule has 0 aliphatic carbocycles. The third-order valence-corrected chi connectivity index (χ3v) is 4.97. The normalized spacial score (nSPS) is 11.3. The lowest BCUT2D eigenvalue weighted by atomic mass is 10.1. The first-order chi connectivity index (χ1) is 18.7. The van der Waals surface area contributed by atoms with Gasteiger partial charge in [0.15, 0.2) is 6.04 Å². The van der Waals surface area contributed by atoms with Gasteiger partial charge in [-0.2, -0.15) is 0 Å². The smallest absolute Gasteiger partial charge is 0.362 e. The third kappa shape index (κ3) is 10.9. The lowest BCUT2D eigenvalue weighted by Crippen LogP contribution is -2.69. The molecule has 0 spiro atoms. The fourth-order valence-electron chi connectivity index (χ4n) is 2.93. The summed E-state index contributed by atoms with van der Waals surface area (Å²) in [6, 6.07) is 18.4. The van der Waals surface area contributed by atoms with Crippen molar-refractivity contribution in [3.8, 4) is 5.75 Å². The second kappa shape index (κ2) is 15.7. The Morgan fingerprint density at radius 3 is 1.40 bits per heavy atom. The first kappa shape index (κ1) is 32.5. The highest BCUT2D eigenvalue weighted by molar-refractivity contribution is 5.72. The summed E-state index contributed by atoms with van der Waals surface area (Å²) in [5, 5.41) is 61.0. The van der Waals surface area contributed by atoms with E-state index in [2.05, 4.69) is 11.5 Å². The zero-order valence-electron chi connectivity index (χ0n) is 20.8. The van der Waals surface area contributed by atoms with Gasteiger partial charge in [-0.15, -0.1) is 0 Å².